The quantitative estimate of drug-likeness (QED) is 0.688. The molecule has 0 bridgehead atoms. The number of aromatic nitrogens is 2. The number of esters is 1. The van der Waals surface area contributed by atoms with Crippen molar-refractivity contribution in [3.05, 3.63) is 75.2 Å². The smallest absolute Gasteiger partial charge is 0.431 e. The SMILES string of the molecule is O=C1OCc2cc(-c3ccc(/C=C/c4cc(C(F)(F)F)[nH]c(=O)n4)o3)ccc21. The van der Waals surface area contributed by atoms with Crippen molar-refractivity contribution < 1.29 is 27.1 Å². The Morgan fingerprint density at radius 3 is 2.68 bits per heavy atom. The van der Waals surface area contributed by atoms with Crippen molar-refractivity contribution in [2.75, 3.05) is 0 Å². The van der Waals surface area contributed by atoms with Gasteiger partial charge in [-0.2, -0.15) is 18.2 Å². The zero-order valence-corrected chi connectivity index (χ0v) is 14.0. The van der Waals surface area contributed by atoms with Crippen LogP contribution in [0.15, 0.2) is 45.6 Å². The highest BCUT2D eigenvalue weighted by molar-refractivity contribution is 5.94. The van der Waals surface area contributed by atoms with Crippen LogP contribution in [0.4, 0.5) is 13.2 Å². The number of ether oxygens (including phenoxy) is 1. The standard InChI is InChI=1S/C19H11F3N2O4/c20-19(21,22)16-8-12(23-18(26)24-16)2-3-13-4-6-15(28-13)10-1-5-14-11(7-10)9-27-17(14)25/h1-8H,9H2,(H,23,24,26)/b3-2+. The fourth-order valence-corrected chi connectivity index (χ4v) is 2.77. The Balaban J connectivity index is 1.58. The fraction of sp³-hybridized carbons (Fsp3) is 0.105. The van der Waals surface area contributed by atoms with E-state index in [2.05, 4.69) is 4.98 Å². The Morgan fingerprint density at radius 1 is 1.07 bits per heavy atom. The van der Waals surface area contributed by atoms with Crippen LogP contribution in [0, 0.1) is 0 Å². The fourth-order valence-electron chi connectivity index (χ4n) is 2.77. The van der Waals surface area contributed by atoms with E-state index in [9.17, 15) is 22.8 Å². The molecule has 142 valence electrons. The zero-order chi connectivity index (χ0) is 19.9. The van der Waals surface area contributed by atoms with E-state index < -0.39 is 17.6 Å². The van der Waals surface area contributed by atoms with Gasteiger partial charge in [0.05, 0.1) is 11.3 Å². The van der Waals surface area contributed by atoms with E-state index in [1.807, 2.05) is 0 Å². The monoisotopic (exact) mass is 388 g/mol. The normalized spacial score (nSPS) is 13.8. The molecule has 0 aliphatic carbocycles. The predicted octanol–water partition coefficient (Wildman–Crippen LogP) is 3.89. The number of fused-ring (bicyclic) bond motifs is 1. The van der Waals surface area contributed by atoms with Gasteiger partial charge in [0.25, 0.3) is 0 Å². The number of cyclic esters (lactones) is 1. The van der Waals surface area contributed by atoms with E-state index in [0.29, 0.717) is 17.1 Å². The molecule has 6 nitrogen and oxygen atoms in total. The van der Waals surface area contributed by atoms with Gasteiger partial charge in [-0.25, -0.2) is 9.59 Å². The summed E-state index contributed by atoms with van der Waals surface area (Å²) in [6, 6.07) is 9.19. The highest BCUT2D eigenvalue weighted by Crippen LogP contribution is 2.29. The second-order valence-corrected chi connectivity index (χ2v) is 6.01. The van der Waals surface area contributed by atoms with Crippen LogP contribution in [0.1, 0.15) is 33.1 Å². The highest BCUT2D eigenvalue weighted by atomic mass is 19.4. The molecular weight excluding hydrogens is 377 g/mol. The van der Waals surface area contributed by atoms with E-state index >= 15 is 0 Å². The van der Waals surface area contributed by atoms with Crippen molar-refractivity contribution in [3.63, 3.8) is 0 Å². The second kappa shape index (κ2) is 6.52. The lowest BCUT2D eigenvalue weighted by molar-refractivity contribution is -0.141. The minimum Gasteiger partial charge on any atom is -0.457 e. The summed E-state index contributed by atoms with van der Waals surface area (Å²) in [5.41, 5.74) is -0.432. The molecule has 1 aliphatic rings. The molecule has 0 radical (unpaired) electrons. The van der Waals surface area contributed by atoms with Gasteiger partial charge in [-0.3, -0.25) is 0 Å². The number of halogens is 3. The van der Waals surface area contributed by atoms with E-state index in [1.54, 1.807) is 35.3 Å². The summed E-state index contributed by atoms with van der Waals surface area (Å²) in [7, 11) is 0. The van der Waals surface area contributed by atoms with Crippen LogP contribution >= 0.6 is 0 Å². The lowest BCUT2D eigenvalue weighted by Gasteiger charge is -2.05. The van der Waals surface area contributed by atoms with Crippen LogP contribution < -0.4 is 5.69 Å². The number of rotatable bonds is 3. The summed E-state index contributed by atoms with van der Waals surface area (Å²) < 4.78 is 48.9. The van der Waals surface area contributed by atoms with Crippen molar-refractivity contribution in [1.29, 1.82) is 0 Å². The summed E-state index contributed by atoms with van der Waals surface area (Å²) in [5, 5.41) is 0. The molecule has 1 aliphatic heterocycles. The molecule has 0 amide bonds. The molecule has 0 atom stereocenters. The van der Waals surface area contributed by atoms with Crippen LogP contribution in [0.25, 0.3) is 23.5 Å². The first-order valence-electron chi connectivity index (χ1n) is 8.06. The van der Waals surface area contributed by atoms with Crippen LogP contribution in [0.2, 0.25) is 0 Å². The Bertz CT molecular complexity index is 1160. The molecular formula is C19H11F3N2O4. The average Bonchev–Trinajstić information content (AvgIpc) is 3.26. The van der Waals surface area contributed by atoms with Crippen molar-refractivity contribution in [2.24, 2.45) is 0 Å². The third kappa shape index (κ3) is 3.46. The second-order valence-electron chi connectivity index (χ2n) is 6.01. The third-order valence-corrected chi connectivity index (χ3v) is 4.08. The number of nitrogens with zero attached hydrogens (tertiary/aromatic N) is 1. The maximum absolute atomic E-state index is 12.8. The maximum atomic E-state index is 12.8. The summed E-state index contributed by atoms with van der Waals surface area (Å²) >= 11 is 0. The molecule has 1 N–H and O–H groups in total. The number of hydrogen-bond acceptors (Lipinski definition) is 5. The van der Waals surface area contributed by atoms with Gasteiger partial charge in [-0.15, -0.1) is 0 Å². The number of carbonyl (C=O) groups excluding carboxylic acids is 1. The lowest BCUT2D eigenvalue weighted by atomic mass is 10.0. The lowest BCUT2D eigenvalue weighted by Crippen LogP contribution is -2.19. The summed E-state index contributed by atoms with van der Waals surface area (Å²) in [4.78, 5) is 27.9. The highest BCUT2D eigenvalue weighted by Gasteiger charge is 2.32. The number of hydrogen-bond donors (Lipinski definition) is 1. The molecule has 0 spiro atoms. The van der Waals surface area contributed by atoms with Gasteiger partial charge < -0.3 is 14.1 Å². The van der Waals surface area contributed by atoms with E-state index in [-0.39, 0.29) is 18.3 Å². The predicted molar refractivity (Wildman–Crippen MR) is 92.1 cm³/mol. The number of nitrogens with one attached hydrogen (secondary N) is 1. The number of carbonyl (C=O) groups is 1. The maximum Gasteiger partial charge on any atom is 0.431 e. The molecule has 3 aromatic rings. The van der Waals surface area contributed by atoms with Gasteiger partial charge in [-0.1, -0.05) is 6.07 Å². The third-order valence-electron chi connectivity index (χ3n) is 4.08. The average molecular weight is 388 g/mol. The number of H-pyrrole nitrogens is 1. The van der Waals surface area contributed by atoms with Crippen LogP contribution in [0.3, 0.4) is 0 Å². The number of furan rings is 1. The van der Waals surface area contributed by atoms with Gasteiger partial charge >= 0.3 is 17.8 Å². The van der Waals surface area contributed by atoms with Gasteiger partial charge in [0.2, 0.25) is 0 Å². The first kappa shape index (κ1) is 17.8. The molecule has 4 rings (SSSR count). The van der Waals surface area contributed by atoms with Gasteiger partial charge in [0, 0.05) is 11.1 Å². The Hall–Kier alpha value is -3.62. The first-order valence-corrected chi connectivity index (χ1v) is 8.06. The first-order chi connectivity index (χ1) is 13.3. The van der Waals surface area contributed by atoms with Gasteiger partial charge in [-0.05, 0) is 42.5 Å². The number of benzene rings is 1. The summed E-state index contributed by atoms with van der Waals surface area (Å²) in [6.07, 6.45) is -2.02. The van der Waals surface area contributed by atoms with Gasteiger partial charge in [0.1, 0.15) is 23.8 Å². The topological polar surface area (TPSA) is 85.2 Å². The molecule has 9 heteroatoms. The molecule has 0 saturated heterocycles. The molecule has 1 aromatic carbocycles. The minimum atomic E-state index is -4.68. The minimum absolute atomic E-state index is 0.151. The Kier molecular flexibility index (Phi) is 4.14. The van der Waals surface area contributed by atoms with E-state index in [0.717, 1.165) is 17.2 Å². The Morgan fingerprint density at radius 2 is 1.89 bits per heavy atom. The molecule has 2 aromatic heterocycles. The van der Waals surface area contributed by atoms with Crippen molar-refractivity contribution in [2.45, 2.75) is 12.8 Å². The van der Waals surface area contributed by atoms with Crippen molar-refractivity contribution in [1.82, 2.24) is 9.97 Å². The molecule has 0 unspecified atom stereocenters. The molecule has 28 heavy (non-hydrogen) atoms. The number of alkyl halides is 3. The molecule has 3 heterocycles. The van der Waals surface area contributed by atoms with E-state index in [1.165, 1.54) is 12.2 Å². The Labute approximate surface area is 155 Å². The molecule has 0 saturated carbocycles. The summed E-state index contributed by atoms with van der Waals surface area (Å²) in [5.74, 6) is 0.503. The van der Waals surface area contributed by atoms with E-state index in [4.69, 9.17) is 9.15 Å². The van der Waals surface area contributed by atoms with Gasteiger partial charge in [0.15, 0.2) is 0 Å². The van der Waals surface area contributed by atoms with Crippen LogP contribution in [0.5, 0.6) is 0 Å². The van der Waals surface area contributed by atoms with Crippen molar-refractivity contribution >= 4 is 18.1 Å². The summed E-state index contributed by atoms with van der Waals surface area (Å²) in [6.45, 7) is 0.200. The van der Waals surface area contributed by atoms with Crippen LogP contribution in [-0.4, -0.2) is 15.9 Å². The van der Waals surface area contributed by atoms with Crippen LogP contribution in [-0.2, 0) is 17.5 Å². The zero-order valence-electron chi connectivity index (χ0n) is 14.0. The van der Waals surface area contributed by atoms with Crippen molar-refractivity contribution in [3.8, 4) is 11.3 Å². The number of aromatic amines is 1. The largest absolute Gasteiger partial charge is 0.457 e. The molecule has 0 fully saturated rings.